The smallest absolute Gasteiger partial charge is 0.326 e. The molecule has 16 nitrogen and oxygen atoms in total. The van der Waals surface area contributed by atoms with Crippen LogP contribution in [0.4, 0.5) is 0 Å². The number of guanidine groups is 1. The second-order valence-electron chi connectivity index (χ2n) is 8.19. The number of carbonyl (C=O) groups excluding carboxylic acids is 4. The Kier molecular flexibility index (Phi) is 15.4. The molecule has 0 bridgehead atoms. The van der Waals surface area contributed by atoms with Crippen molar-refractivity contribution < 1.29 is 34.2 Å². The molecule has 0 aliphatic carbocycles. The normalized spacial score (nSPS) is 14.9. The van der Waals surface area contributed by atoms with Crippen molar-refractivity contribution in [2.24, 2.45) is 33.7 Å². The average Bonchev–Trinajstić information content (AvgIpc) is 2.78. The molecule has 0 aromatic rings. The van der Waals surface area contributed by atoms with E-state index in [1.165, 1.54) is 6.92 Å². The highest BCUT2D eigenvalue weighted by molar-refractivity contribution is 5.96. The molecule has 0 aromatic heterocycles. The first-order valence-electron chi connectivity index (χ1n) is 11.4. The van der Waals surface area contributed by atoms with Crippen LogP contribution in [0.5, 0.6) is 0 Å². The zero-order valence-corrected chi connectivity index (χ0v) is 20.3. The van der Waals surface area contributed by atoms with Crippen LogP contribution in [0.25, 0.3) is 0 Å². The van der Waals surface area contributed by atoms with E-state index in [9.17, 15) is 34.2 Å². The van der Waals surface area contributed by atoms with Gasteiger partial charge in [0, 0.05) is 6.54 Å². The number of amides is 4. The fourth-order valence-corrected chi connectivity index (χ4v) is 2.96. The highest BCUT2D eigenvalue weighted by atomic mass is 16.4. The second-order valence-corrected chi connectivity index (χ2v) is 8.19. The number of carboxylic acids is 1. The van der Waals surface area contributed by atoms with Crippen LogP contribution in [-0.2, 0) is 24.0 Å². The number of nitrogens with zero attached hydrogens (tertiary/aromatic N) is 1. The van der Waals surface area contributed by atoms with E-state index >= 15 is 0 Å². The molecule has 0 rings (SSSR count). The average molecular weight is 518 g/mol. The molecule has 5 unspecified atom stereocenters. The van der Waals surface area contributed by atoms with Crippen molar-refractivity contribution in [3.8, 4) is 0 Å². The lowest BCUT2D eigenvalue weighted by atomic mass is 10.0. The van der Waals surface area contributed by atoms with E-state index in [1.807, 2.05) is 0 Å². The molecule has 0 fully saturated rings. The van der Waals surface area contributed by atoms with Crippen LogP contribution < -0.4 is 44.6 Å². The first-order valence-corrected chi connectivity index (χ1v) is 11.4. The zero-order chi connectivity index (χ0) is 27.8. The predicted molar refractivity (Wildman–Crippen MR) is 130 cm³/mol. The minimum Gasteiger partial charge on any atom is -0.480 e. The largest absolute Gasteiger partial charge is 0.480 e. The summed E-state index contributed by atoms with van der Waals surface area (Å²) in [4.78, 5) is 64.7. The third-order valence-corrected chi connectivity index (χ3v) is 5.00. The summed E-state index contributed by atoms with van der Waals surface area (Å²) in [6, 6.07) is -5.36. The number of aliphatic hydroxyl groups is 1. The molecule has 0 spiro atoms. The van der Waals surface area contributed by atoms with E-state index in [0.717, 1.165) is 0 Å². The molecule has 15 N–H and O–H groups in total. The number of carbonyl (C=O) groups is 5. The number of primary amides is 1. The SMILES string of the molecule is CC(O)C(N)C(=O)NC(CC(N)=O)C(=O)NC(CCCCN)C(=O)NC(CCCN=C(N)N)C(=O)O. The summed E-state index contributed by atoms with van der Waals surface area (Å²) in [5.74, 6) is -5.00. The lowest BCUT2D eigenvalue weighted by molar-refractivity contribution is -0.142. The molecule has 0 saturated carbocycles. The Morgan fingerprint density at radius 1 is 0.833 bits per heavy atom. The topological polar surface area (TPSA) is 304 Å². The number of hydrogen-bond acceptors (Lipinski definition) is 9. The molecule has 0 radical (unpaired) electrons. The first-order chi connectivity index (χ1) is 16.8. The monoisotopic (exact) mass is 517 g/mol. The van der Waals surface area contributed by atoms with Gasteiger partial charge in [-0.3, -0.25) is 24.2 Å². The summed E-state index contributed by atoms with van der Waals surface area (Å²) in [6.45, 7) is 1.74. The highest BCUT2D eigenvalue weighted by Crippen LogP contribution is 2.06. The minimum absolute atomic E-state index is 0.0128. The van der Waals surface area contributed by atoms with E-state index in [1.54, 1.807) is 0 Å². The lowest BCUT2D eigenvalue weighted by Crippen LogP contribution is -2.58. The molecular formula is C20H39N9O7. The van der Waals surface area contributed by atoms with Crippen LogP contribution in [0.3, 0.4) is 0 Å². The van der Waals surface area contributed by atoms with Gasteiger partial charge in [0.1, 0.15) is 24.2 Å². The maximum absolute atomic E-state index is 12.9. The fourth-order valence-electron chi connectivity index (χ4n) is 2.96. The quantitative estimate of drug-likeness (QED) is 0.0467. The number of aliphatic carboxylic acids is 1. The number of unbranched alkanes of at least 4 members (excludes halogenated alkanes) is 1. The fraction of sp³-hybridized carbons (Fsp3) is 0.700. The molecule has 36 heavy (non-hydrogen) atoms. The van der Waals surface area contributed by atoms with Gasteiger partial charge in [0.2, 0.25) is 23.6 Å². The first kappa shape index (κ1) is 32.5. The van der Waals surface area contributed by atoms with Crippen LogP contribution in [0, 0.1) is 0 Å². The molecule has 0 aromatic carbocycles. The van der Waals surface area contributed by atoms with Gasteiger partial charge >= 0.3 is 5.97 Å². The van der Waals surface area contributed by atoms with Gasteiger partial charge < -0.3 is 54.8 Å². The van der Waals surface area contributed by atoms with Gasteiger partial charge in [-0.15, -0.1) is 0 Å². The number of hydrogen-bond donors (Lipinski definition) is 10. The molecule has 0 aliphatic rings. The second kappa shape index (κ2) is 17.0. The van der Waals surface area contributed by atoms with E-state index in [-0.39, 0.29) is 31.8 Å². The van der Waals surface area contributed by atoms with Gasteiger partial charge in [0.05, 0.1) is 12.5 Å². The van der Waals surface area contributed by atoms with Crippen molar-refractivity contribution in [2.45, 2.75) is 75.7 Å². The highest BCUT2D eigenvalue weighted by Gasteiger charge is 2.31. The maximum atomic E-state index is 12.9. The summed E-state index contributed by atoms with van der Waals surface area (Å²) in [5.41, 5.74) is 26.7. The molecule has 16 heteroatoms. The van der Waals surface area contributed by atoms with E-state index in [0.29, 0.717) is 19.4 Å². The maximum Gasteiger partial charge on any atom is 0.326 e. The van der Waals surface area contributed by atoms with E-state index < -0.39 is 66.3 Å². The van der Waals surface area contributed by atoms with Crippen LogP contribution in [0.2, 0.25) is 0 Å². The Morgan fingerprint density at radius 3 is 1.86 bits per heavy atom. The Bertz CT molecular complexity index is 787. The van der Waals surface area contributed by atoms with Crippen molar-refractivity contribution in [3.05, 3.63) is 0 Å². The molecular weight excluding hydrogens is 478 g/mol. The summed E-state index contributed by atoms with van der Waals surface area (Å²) in [6.07, 6.45) is -0.545. The number of nitrogens with two attached hydrogens (primary N) is 5. The van der Waals surface area contributed by atoms with Crippen LogP contribution in [-0.4, -0.2) is 89.1 Å². The summed E-state index contributed by atoms with van der Waals surface area (Å²) < 4.78 is 0. The molecule has 4 amide bonds. The van der Waals surface area contributed by atoms with Crippen LogP contribution in [0.1, 0.15) is 45.4 Å². The third-order valence-electron chi connectivity index (χ3n) is 5.00. The lowest BCUT2D eigenvalue weighted by Gasteiger charge is -2.25. The van der Waals surface area contributed by atoms with Crippen molar-refractivity contribution in [1.82, 2.24) is 16.0 Å². The van der Waals surface area contributed by atoms with Gasteiger partial charge in [-0.05, 0) is 45.6 Å². The number of rotatable bonds is 18. The van der Waals surface area contributed by atoms with Crippen LogP contribution >= 0.6 is 0 Å². The zero-order valence-electron chi connectivity index (χ0n) is 20.3. The van der Waals surface area contributed by atoms with Crippen molar-refractivity contribution in [1.29, 1.82) is 0 Å². The van der Waals surface area contributed by atoms with Crippen molar-refractivity contribution >= 4 is 35.6 Å². The van der Waals surface area contributed by atoms with Crippen molar-refractivity contribution in [3.63, 3.8) is 0 Å². The Morgan fingerprint density at radius 2 is 1.36 bits per heavy atom. The van der Waals surface area contributed by atoms with Crippen LogP contribution in [0.15, 0.2) is 4.99 Å². The molecule has 206 valence electrons. The Balaban J connectivity index is 5.51. The standard InChI is InChI=1S/C20H39N9O7/c1-10(30)15(23)18(34)29-13(9-14(22)31)17(33)27-11(5-2-3-7-21)16(32)28-12(19(35)36)6-4-8-26-20(24)25/h10-13,15,30H,2-9,21,23H2,1H3,(H2,22,31)(H,27,33)(H,28,32)(H,29,34)(H,35,36)(H4,24,25,26). The Hall–Kier alpha value is -3.50. The number of aliphatic imine (C=N–C) groups is 1. The summed E-state index contributed by atoms with van der Waals surface area (Å²) in [5, 5.41) is 26.0. The van der Waals surface area contributed by atoms with Gasteiger partial charge in [-0.25, -0.2) is 4.79 Å². The van der Waals surface area contributed by atoms with Gasteiger partial charge in [-0.2, -0.15) is 0 Å². The number of aliphatic hydroxyl groups excluding tert-OH is 1. The number of nitrogens with one attached hydrogen (secondary N) is 3. The number of carboxylic acid groups (broad SMARTS) is 1. The van der Waals surface area contributed by atoms with Crippen molar-refractivity contribution in [2.75, 3.05) is 13.1 Å². The van der Waals surface area contributed by atoms with Gasteiger partial charge in [0.25, 0.3) is 0 Å². The summed E-state index contributed by atoms with van der Waals surface area (Å²) in [7, 11) is 0. The molecule has 0 saturated heterocycles. The van der Waals surface area contributed by atoms with E-state index in [4.69, 9.17) is 28.7 Å². The molecule has 5 atom stereocenters. The predicted octanol–water partition coefficient (Wildman–Crippen LogP) is -4.71. The Labute approximate surface area is 208 Å². The summed E-state index contributed by atoms with van der Waals surface area (Å²) >= 11 is 0. The van der Waals surface area contributed by atoms with Gasteiger partial charge in [0.15, 0.2) is 5.96 Å². The van der Waals surface area contributed by atoms with Gasteiger partial charge in [-0.1, -0.05) is 0 Å². The molecule has 0 aliphatic heterocycles. The molecule has 0 heterocycles. The third kappa shape index (κ3) is 13.4. The minimum atomic E-state index is -1.49. The van der Waals surface area contributed by atoms with E-state index in [2.05, 4.69) is 20.9 Å².